The van der Waals surface area contributed by atoms with Gasteiger partial charge in [0.05, 0.1) is 7.11 Å². The van der Waals surface area contributed by atoms with Gasteiger partial charge in [-0.25, -0.2) is 0 Å². The number of para-hydroxylation sites is 1. The Morgan fingerprint density at radius 3 is 2.58 bits per heavy atom. The topological polar surface area (TPSA) is 18.5 Å². The molecule has 0 aliphatic rings. The maximum Gasteiger partial charge on any atom is 0.125 e. The Morgan fingerprint density at radius 1 is 1.05 bits per heavy atom. The maximum atomic E-state index is 5.81. The number of hydrogen-bond acceptors (Lipinski definition) is 2. The van der Waals surface area contributed by atoms with Gasteiger partial charge in [0.15, 0.2) is 0 Å². The van der Waals surface area contributed by atoms with Crippen molar-refractivity contribution >= 4 is 31.9 Å². The monoisotopic (exact) mass is 384 g/mol. The fourth-order valence-electron chi connectivity index (χ4n) is 1.73. The van der Waals surface area contributed by atoms with E-state index in [2.05, 4.69) is 31.9 Å². The highest BCUT2D eigenvalue weighted by atomic mass is 79.9. The average molecular weight is 386 g/mol. The smallest absolute Gasteiger partial charge is 0.125 e. The van der Waals surface area contributed by atoms with Crippen LogP contribution in [0.2, 0.25) is 0 Å². The standard InChI is InChI=1S/C15H14Br2O2/c1-18-15-5-3-2-4-11(15)10-19-13-6-7-14(17)12(8-13)9-16/h2-8H,9-10H2,1H3. The Morgan fingerprint density at radius 2 is 1.84 bits per heavy atom. The number of halogens is 2. The van der Waals surface area contributed by atoms with Crippen LogP contribution in [0.5, 0.6) is 11.5 Å². The van der Waals surface area contributed by atoms with E-state index in [0.29, 0.717) is 6.61 Å². The van der Waals surface area contributed by atoms with Gasteiger partial charge in [0.1, 0.15) is 18.1 Å². The fraction of sp³-hybridized carbons (Fsp3) is 0.200. The normalized spacial score (nSPS) is 10.3. The molecule has 0 heterocycles. The highest BCUT2D eigenvalue weighted by Gasteiger charge is 2.04. The predicted molar refractivity (Wildman–Crippen MR) is 84.1 cm³/mol. The van der Waals surface area contributed by atoms with Gasteiger partial charge >= 0.3 is 0 Å². The Bertz CT molecular complexity index is 556. The van der Waals surface area contributed by atoms with E-state index in [1.54, 1.807) is 7.11 Å². The Labute approximate surface area is 130 Å². The summed E-state index contributed by atoms with van der Waals surface area (Å²) in [6, 6.07) is 13.8. The minimum atomic E-state index is 0.493. The van der Waals surface area contributed by atoms with Gasteiger partial charge in [-0.05, 0) is 29.8 Å². The van der Waals surface area contributed by atoms with Crippen molar-refractivity contribution in [1.29, 1.82) is 0 Å². The van der Waals surface area contributed by atoms with E-state index in [4.69, 9.17) is 9.47 Å². The van der Waals surface area contributed by atoms with Crippen molar-refractivity contribution < 1.29 is 9.47 Å². The Balaban J connectivity index is 2.10. The van der Waals surface area contributed by atoms with Crippen molar-refractivity contribution in [2.24, 2.45) is 0 Å². The second kappa shape index (κ2) is 6.96. The highest BCUT2D eigenvalue weighted by Crippen LogP contribution is 2.26. The first-order valence-corrected chi connectivity index (χ1v) is 7.75. The van der Waals surface area contributed by atoms with Crippen LogP contribution in [0.4, 0.5) is 0 Å². The molecule has 4 heteroatoms. The zero-order chi connectivity index (χ0) is 13.7. The van der Waals surface area contributed by atoms with Crippen LogP contribution in [0, 0.1) is 0 Å². The lowest BCUT2D eigenvalue weighted by Crippen LogP contribution is -1.98. The molecule has 0 spiro atoms. The minimum Gasteiger partial charge on any atom is -0.496 e. The van der Waals surface area contributed by atoms with E-state index in [1.807, 2.05) is 42.5 Å². The van der Waals surface area contributed by atoms with Crippen LogP contribution in [0.15, 0.2) is 46.9 Å². The molecule has 0 bridgehead atoms. The number of alkyl halides is 1. The second-order valence-corrected chi connectivity index (χ2v) is 5.40. The summed E-state index contributed by atoms with van der Waals surface area (Å²) < 4.78 is 12.2. The van der Waals surface area contributed by atoms with Crippen molar-refractivity contribution in [1.82, 2.24) is 0 Å². The predicted octanol–water partition coefficient (Wildman–Crippen LogP) is 4.93. The van der Waals surface area contributed by atoms with E-state index in [0.717, 1.165) is 32.4 Å². The van der Waals surface area contributed by atoms with E-state index in [9.17, 15) is 0 Å². The van der Waals surface area contributed by atoms with E-state index >= 15 is 0 Å². The molecule has 0 unspecified atom stereocenters. The van der Waals surface area contributed by atoms with Gasteiger partial charge in [-0.15, -0.1) is 0 Å². The first-order chi connectivity index (χ1) is 9.24. The third-order valence-corrected chi connectivity index (χ3v) is 4.13. The van der Waals surface area contributed by atoms with Gasteiger partial charge in [0, 0.05) is 15.4 Å². The molecule has 2 aromatic rings. The van der Waals surface area contributed by atoms with Crippen LogP contribution < -0.4 is 9.47 Å². The molecule has 2 rings (SSSR count). The number of hydrogen-bond donors (Lipinski definition) is 0. The highest BCUT2D eigenvalue weighted by molar-refractivity contribution is 9.10. The van der Waals surface area contributed by atoms with Crippen LogP contribution in [-0.2, 0) is 11.9 Å². The van der Waals surface area contributed by atoms with Gasteiger partial charge < -0.3 is 9.47 Å². The number of methoxy groups -OCH3 is 1. The van der Waals surface area contributed by atoms with Crippen molar-refractivity contribution in [3.8, 4) is 11.5 Å². The van der Waals surface area contributed by atoms with Crippen molar-refractivity contribution in [3.05, 3.63) is 58.1 Å². The summed E-state index contributed by atoms with van der Waals surface area (Å²) >= 11 is 6.96. The summed E-state index contributed by atoms with van der Waals surface area (Å²) in [6.07, 6.45) is 0. The first kappa shape index (κ1) is 14.4. The molecule has 0 aliphatic carbocycles. The first-order valence-electron chi connectivity index (χ1n) is 5.83. The number of rotatable bonds is 5. The molecule has 0 aromatic heterocycles. The van der Waals surface area contributed by atoms with Crippen LogP contribution >= 0.6 is 31.9 Å². The molecule has 0 fully saturated rings. The van der Waals surface area contributed by atoms with E-state index < -0.39 is 0 Å². The van der Waals surface area contributed by atoms with E-state index in [-0.39, 0.29) is 0 Å². The largest absolute Gasteiger partial charge is 0.496 e. The molecule has 100 valence electrons. The van der Waals surface area contributed by atoms with Crippen molar-refractivity contribution in [3.63, 3.8) is 0 Å². The van der Waals surface area contributed by atoms with Gasteiger partial charge in [0.2, 0.25) is 0 Å². The Kier molecular flexibility index (Phi) is 5.28. The van der Waals surface area contributed by atoms with Gasteiger partial charge in [-0.1, -0.05) is 50.1 Å². The lowest BCUT2D eigenvalue weighted by atomic mass is 10.2. The molecule has 0 N–H and O–H groups in total. The summed E-state index contributed by atoms with van der Waals surface area (Å²) in [5.74, 6) is 1.70. The zero-order valence-electron chi connectivity index (χ0n) is 10.5. The van der Waals surface area contributed by atoms with E-state index in [1.165, 1.54) is 0 Å². The quantitative estimate of drug-likeness (QED) is 0.679. The van der Waals surface area contributed by atoms with Gasteiger partial charge in [-0.2, -0.15) is 0 Å². The van der Waals surface area contributed by atoms with Crippen LogP contribution in [0.3, 0.4) is 0 Å². The summed E-state index contributed by atoms with van der Waals surface area (Å²) in [5, 5.41) is 0.791. The molecule has 0 saturated heterocycles. The minimum absolute atomic E-state index is 0.493. The average Bonchev–Trinajstić information content (AvgIpc) is 2.46. The van der Waals surface area contributed by atoms with Crippen LogP contribution in [0.25, 0.3) is 0 Å². The molecule has 0 atom stereocenters. The molecule has 19 heavy (non-hydrogen) atoms. The zero-order valence-corrected chi connectivity index (χ0v) is 13.7. The summed E-state index contributed by atoms with van der Waals surface area (Å²) in [7, 11) is 1.67. The molecule has 0 saturated carbocycles. The Hall–Kier alpha value is -1.000. The molecular weight excluding hydrogens is 372 g/mol. The van der Waals surface area contributed by atoms with Crippen molar-refractivity contribution in [2.75, 3.05) is 7.11 Å². The number of benzene rings is 2. The van der Waals surface area contributed by atoms with Crippen LogP contribution in [-0.4, -0.2) is 7.11 Å². The summed E-state index contributed by atoms with van der Waals surface area (Å²) in [5.41, 5.74) is 2.20. The van der Waals surface area contributed by atoms with Gasteiger partial charge in [0.25, 0.3) is 0 Å². The molecule has 2 aromatic carbocycles. The second-order valence-electron chi connectivity index (χ2n) is 3.99. The SMILES string of the molecule is COc1ccccc1COc1ccc(Br)c(CBr)c1. The van der Waals surface area contributed by atoms with Gasteiger partial charge in [-0.3, -0.25) is 0 Å². The molecule has 2 nitrogen and oxygen atoms in total. The maximum absolute atomic E-state index is 5.81. The molecule has 0 radical (unpaired) electrons. The lowest BCUT2D eigenvalue weighted by molar-refractivity contribution is 0.296. The summed E-state index contributed by atoms with van der Waals surface area (Å²) in [4.78, 5) is 0. The third kappa shape index (κ3) is 3.74. The molecular formula is C15H14Br2O2. The van der Waals surface area contributed by atoms with Crippen LogP contribution in [0.1, 0.15) is 11.1 Å². The summed E-state index contributed by atoms with van der Waals surface area (Å²) in [6.45, 7) is 0.493. The molecule has 0 aliphatic heterocycles. The third-order valence-electron chi connectivity index (χ3n) is 2.75. The fourth-order valence-corrected chi connectivity index (χ4v) is 2.95. The number of ether oxygens (including phenoxy) is 2. The lowest BCUT2D eigenvalue weighted by Gasteiger charge is -2.11. The van der Waals surface area contributed by atoms with Crippen molar-refractivity contribution in [2.45, 2.75) is 11.9 Å². The molecule has 0 amide bonds.